The van der Waals surface area contributed by atoms with E-state index in [2.05, 4.69) is 9.97 Å². The Balaban J connectivity index is 1.53. The zero-order valence-electron chi connectivity index (χ0n) is 13.7. The molecule has 0 aliphatic rings. The summed E-state index contributed by atoms with van der Waals surface area (Å²) in [6, 6.07) is 22.0. The molecule has 0 bridgehead atoms. The van der Waals surface area contributed by atoms with Gasteiger partial charge in [0.1, 0.15) is 5.75 Å². The topological polar surface area (TPSA) is 52.1 Å². The summed E-state index contributed by atoms with van der Waals surface area (Å²) in [5, 5.41) is 2.02. The van der Waals surface area contributed by atoms with Crippen molar-refractivity contribution < 1.29 is 9.53 Å². The quantitative estimate of drug-likeness (QED) is 0.377. The van der Waals surface area contributed by atoms with E-state index in [1.807, 2.05) is 41.8 Å². The van der Waals surface area contributed by atoms with Gasteiger partial charge in [0, 0.05) is 11.8 Å². The van der Waals surface area contributed by atoms with Gasteiger partial charge in [-0.05, 0) is 53.9 Å². The first kappa shape index (κ1) is 16.2. The van der Waals surface area contributed by atoms with Crippen molar-refractivity contribution in [2.24, 2.45) is 0 Å². The van der Waals surface area contributed by atoms with Gasteiger partial charge in [-0.15, -0.1) is 11.3 Å². The van der Waals surface area contributed by atoms with Gasteiger partial charge in [0.2, 0.25) is 0 Å². The maximum atomic E-state index is 12.1. The molecule has 2 aromatic carbocycles. The largest absolute Gasteiger partial charge is 0.423 e. The third-order valence-corrected chi connectivity index (χ3v) is 4.65. The highest BCUT2D eigenvalue weighted by Crippen LogP contribution is 2.25. The number of aromatic nitrogens is 2. The van der Waals surface area contributed by atoms with Gasteiger partial charge >= 0.3 is 5.97 Å². The first-order valence-corrected chi connectivity index (χ1v) is 8.92. The number of esters is 1. The van der Waals surface area contributed by atoms with Crippen LogP contribution in [0.1, 0.15) is 10.4 Å². The lowest BCUT2D eigenvalue weighted by Gasteiger charge is -2.06. The molecule has 2 aromatic heterocycles. The second kappa shape index (κ2) is 7.29. The lowest BCUT2D eigenvalue weighted by atomic mass is 10.2. The fourth-order valence-electron chi connectivity index (χ4n) is 2.47. The SMILES string of the molecule is O=C(Oc1ccc(-c2nccc(-c3cccs3)n2)cc1)c1ccccc1. The Morgan fingerprint density at radius 3 is 2.42 bits per heavy atom. The van der Waals surface area contributed by atoms with Gasteiger partial charge in [-0.2, -0.15) is 0 Å². The number of rotatable bonds is 4. The Labute approximate surface area is 154 Å². The van der Waals surface area contributed by atoms with E-state index in [0.717, 1.165) is 16.1 Å². The van der Waals surface area contributed by atoms with Crippen molar-refractivity contribution in [1.29, 1.82) is 0 Å². The highest BCUT2D eigenvalue weighted by Gasteiger charge is 2.09. The predicted octanol–water partition coefficient (Wildman–Crippen LogP) is 5.09. The first-order chi connectivity index (χ1) is 12.8. The summed E-state index contributed by atoms with van der Waals surface area (Å²) < 4.78 is 5.40. The molecule has 4 aromatic rings. The van der Waals surface area contributed by atoms with Crippen LogP contribution < -0.4 is 4.74 Å². The molecule has 0 atom stereocenters. The second-order valence-corrected chi connectivity index (χ2v) is 6.47. The molecule has 0 amide bonds. The average Bonchev–Trinajstić information content (AvgIpc) is 3.24. The molecule has 0 saturated heterocycles. The van der Waals surface area contributed by atoms with Crippen LogP contribution in [0.3, 0.4) is 0 Å². The number of nitrogens with zero attached hydrogens (tertiary/aromatic N) is 2. The maximum Gasteiger partial charge on any atom is 0.343 e. The maximum absolute atomic E-state index is 12.1. The lowest BCUT2D eigenvalue weighted by Crippen LogP contribution is -2.07. The summed E-state index contributed by atoms with van der Waals surface area (Å²) in [5.41, 5.74) is 2.27. The summed E-state index contributed by atoms with van der Waals surface area (Å²) >= 11 is 1.64. The number of ether oxygens (including phenoxy) is 1. The summed E-state index contributed by atoms with van der Waals surface area (Å²) in [5.74, 6) is 0.739. The van der Waals surface area contributed by atoms with Crippen molar-refractivity contribution in [3.8, 4) is 27.7 Å². The van der Waals surface area contributed by atoms with Crippen molar-refractivity contribution in [2.45, 2.75) is 0 Å². The van der Waals surface area contributed by atoms with Crippen molar-refractivity contribution in [3.05, 3.63) is 89.9 Å². The van der Waals surface area contributed by atoms with Crippen LogP contribution in [0.15, 0.2) is 84.4 Å². The summed E-state index contributed by atoms with van der Waals surface area (Å²) in [4.78, 5) is 22.2. The van der Waals surface area contributed by atoms with Crippen LogP contribution in [-0.4, -0.2) is 15.9 Å². The molecule has 0 aliphatic heterocycles. The van der Waals surface area contributed by atoms with Crippen LogP contribution in [0.25, 0.3) is 22.0 Å². The molecule has 0 fully saturated rings. The molecule has 126 valence electrons. The van der Waals surface area contributed by atoms with E-state index in [9.17, 15) is 4.79 Å². The summed E-state index contributed by atoms with van der Waals surface area (Å²) in [6.07, 6.45) is 1.75. The highest BCUT2D eigenvalue weighted by molar-refractivity contribution is 7.13. The van der Waals surface area contributed by atoms with Gasteiger partial charge in [0.25, 0.3) is 0 Å². The van der Waals surface area contributed by atoms with Gasteiger partial charge in [-0.1, -0.05) is 24.3 Å². The molecule has 0 radical (unpaired) electrons. The molecule has 26 heavy (non-hydrogen) atoms. The molecule has 0 saturated carbocycles. The normalized spacial score (nSPS) is 10.5. The van der Waals surface area contributed by atoms with Gasteiger partial charge in [-0.3, -0.25) is 0 Å². The minimum atomic E-state index is -0.380. The number of benzene rings is 2. The second-order valence-electron chi connectivity index (χ2n) is 5.52. The molecule has 4 nitrogen and oxygen atoms in total. The number of hydrogen-bond donors (Lipinski definition) is 0. The number of hydrogen-bond acceptors (Lipinski definition) is 5. The van der Waals surface area contributed by atoms with Gasteiger partial charge < -0.3 is 4.74 Å². The average molecular weight is 358 g/mol. The Kier molecular flexibility index (Phi) is 4.53. The highest BCUT2D eigenvalue weighted by atomic mass is 32.1. The third kappa shape index (κ3) is 3.53. The molecule has 0 aliphatic carbocycles. The van der Waals surface area contributed by atoms with E-state index in [1.54, 1.807) is 53.9 Å². The van der Waals surface area contributed by atoms with Crippen LogP contribution in [0.5, 0.6) is 5.75 Å². The fraction of sp³-hybridized carbons (Fsp3) is 0. The van der Waals surface area contributed by atoms with Gasteiger partial charge in [-0.25, -0.2) is 14.8 Å². The van der Waals surface area contributed by atoms with Crippen LogP contribution in [0.2, 0.25) is 0 Å². The Morgan fingerprint density at radius 1 is 0.885 bits per heavy atom. The number of thiophene rings is 1. The zero-order valence-corrected chi connectivity index (χ0v) is 14.5. The van der Waals surface area contributed by atoms with E-state index in [-0.39, 0.29) is 5.97 Å². The molecule has 0 spiro atoms. The van der Waals surface area contributed by atoms with Crippen LogP contribution in [-0.2, 0) is 0 Å². The minimum Gasteiger partial charge on any atom is -0.423 e. The van der Waals surface area contributed by atoms with E-state index in [0.29, 0.717) is 17.1 Å². The van der Waals surface area contributed by atoms with Crippen molar-refractivity contribution in [2.75, 3.05) is 0 Å². The zero-order chi connectivity index (χ0) is 17.8. The molecule has 0 unspecified atom stereocenters. The van der Waals surface area contributed by atoms with Crippen LogP contribution in [0.4, 0.5) is 0 Å². The fourth-order valence-corrected chi connectivity index (χ4v) is 3.17. The van der Waals surface area contributed by atoms with E-state index in [4.69, 9.17) is 4.74 Å². The standard InChI is InChI=1S/C21H14N2O2S/c24-21(16-5-2-1-3-6-16)25-17-10-8-15(9-11-17)20-22-13-12-18(23-20)19-7-4-14-26-19/h1-14H. The third-order valence-electron chi connectivity index (χ3n) is 3.76. The molecule has 5 heteroatoms. The van der Waals surface area contributed by atoms with E-state index in [1.165, 1.54) is 0 Å². The Bertz CT molecular complexity index is 1010. The van der Waals surface area contributed by atoms with Crippen molar-refractivity contribution >= 4 is 17.3 Å². The molecular formula is C21H14N2O2S. The van der Waals surface area contributed by atoms with Gasteiger partial charge in [0.05, 0.1) is 16.1 Å². The Morgan fingerprint density at radius 2 is 1.69 bits per heavy atom. The molecule has 0 N–H and O–H groups in total. The Hall–Kier alpha value is -3.31. The summed E-state index contributed by atoms with van der Waals surface area (Å²) in [6.45, 7) is 0. The van der Waals surface area contributed by atoms with Gasteiger partial charge in [0.15, 0.2) is 5.82 Å². The van der Waals surface area contributed by atoms with Crippen LogP contribution >= 0.6 is 11.3 Å². The molecule has 2 heterocycles. The van der Waals surface area contributed by atoms with Crippen molar-refractivity contribution in [1.82, 2.24) is 9.97 Å². The summed E-state index contributed by atoms with van der Waals surface area (Å²) in [7, 11) is 0. The number of carbonyl (C=O) groups excluding carboxylic acids is 1. The number of carbonyl (C=O) groups is 1. The molecule has 4 rings (SSSR count). The molecular weight excluding hydrogens is 344 g/mol. The monoisotopic (exact) mass is 358 g/mol. The van der Waals surface area contributed by atoms with Crippen LogP contribution in [0, 0.1) is 0 Å². The smallest absolute Gasteiger partial charge is 0.343 e. The van der Waals surface area contributed by atoms with Crippen molar-refractivity contribution in [3.63, 3.8) is 0 Å². The van der Waals surface area contributed by atoms with E-state index >= 15 is 0 Å². The lowest BCUT2D eigenvalue weighted by molar-refractivity contribution is 0.0735. The van der Waals surface area contributed by atoms with E-state index < -0.39 is 0 Å². The predicted molar refractivity (Wildman–Crippen MR) is 102 cm³/mol. The first-order valence-electron chi connectivity index (χ1n) is 8.04. The minimum absolute atomic E-state index is 0.380.